The molecule has 0 saturated carbocycles. The highest BCUT2D eigenvalue weighted by Gasteiger charge is 2.20. The minimum absolute atomic E-state index is 0.618. The Morgan fingerprint density at radius 1 is 0.339 bits per heavy atom. The molecule has 0 aliphatic rings. The van der Waals surface area contributed by atoms with Crippen LogP contribution in [0.1, 0.15) is 0 Å². The first-order valence-corrected chi connectivity index (χ1v) is 19.6. The third-order valence-corrected chi connectivity index (χ3v) is 11.8. The van der Waals surface area contributed by atoms with E-state index in [1.165, 1.54) is 42.0 Å². The Kier molecular flexibility index (Phi) is 7.64. The third kappa shape index (κ3) is 5.48. The van der Waals surface area contributed by atoms with E-state index in [2.05, 4.69) is 174 Å². The smallest absolute Gasteiger partial charge is 0.164 e. The van der Waals surface area contributed by atoms with Crippen LogP contribution in [0.15, 0.2) is 194 Å². The standard InChI is InChI=1S/C51H32N4S/c1-4-14-33(15-5-1)35-24-26-37(27-25-35)50-52-49(36-18-8-3-9-19-36)53-51(54-50)39-30-38(34-16-6-2-7-17-34)31-40(32-39)55-44-22-12-10-21-43(44)47-45(55)29-28-42-41-20-11-13-23-46(41)56-48(42)47/h1-32H. The summed E-state index contributed by atoms with van der Waals surface area (Å²) in [5.74, 6) is 1.88. The minimum atomic E-state index is 0.618. The van der Waals surface area contributed by atoms with Gasteiger partial charge in [0, 0.05) is 53.3 Å². The molecule has 262 valence electrons. The summed E-state index contributed by atoms with van der Waals surface area (Å²) in [5.41, 5.74) is 10.7. The molecule has 0 radical (unpaired) electrons. The molecule has 0 unspecified atom stereocenters. The molecule has 11 aromatic rings. The van der Waals surface area contributed by atoms with Gasteiger partial charge in [-0.25, -0.2) is 15.0 Å². The largest absolute Gasteiger partial charge is 0.309 e. The summed E-state index contributed by atoms with van der Waals surface area (Å²) in [6.45, 7) is 0. The molecule has 0 N–H and O–H groups in total. The fourth-order valence-corrected chi connectivity index (χ4v) is 9.23. The summed E-state index contributed by atoms with van der Waals surface area (Å²) in [7, 11) is 0. The Morgan fingerprint density at radius 3 is 1.54 bits per heavy atom. The number of rotatable bonds is 6. The molecule has 0 atom stereocenters. The van der Waals surface area contributed by atoms with E-state index in [4.69, 9.17) is 15.0 Å². The van der Waals surface area contributed by atoms with Crippen molar-refractivity contribution in [3.8, 4) is 62.1 Å². The lowest BCUT2D eigenvalue weighted by Gasteiger charge is -2.14. The van der Waals surface area contributed by atoms with Gasteiger partial charge in [0.05, 0.1) is 11.0 Å². The van der Waals surface area contributed by atoms with Crippen LogP contribution in [0, 0.1) is 0 Å². The first-order chi connectivity index (χ1) is 27.7. The van der Waals surface area contributed by atoms with Gasteiger partial charge in [-0.15, -0.1) is 11.3 Å². The van der Waals surface area contributed by atoms with E-state index in [1.807, 2.05) is 35.6 Å². The van der Waals surface area contributed by atoms with Gasteiger partial charge in [-0.05, 0) is 58.7 Å². The molecule has 0 aliphatic heterocycles. The highest BCUT2D eigenvalue weighted by Crippen LogP contribution is 2.44. The number of nitrogens with zero attached hydrogens (tertiary/aromatic N) is 4. The Labute approximate surface area is 327 Å². The summed E-state index contributed by atoms with van der Waals surface area (Å²) < 4.78 is 5.02. The molecule has 0 fully saturated rings. The third-order valence-electron chi connectivity index (χ3n) is 10.6. The maximum atomic E-state index is 5.22. The van der Waals surface area contributed by atoms with Crippen LogP contribution in [0.5, 0.6) is 0 Å². The molecule has 8 aromatic carbocycles. The summed E-state index contributed by atoms with van der Waals surface area (Å²) >= 11 is 1.87. The molecular weight excluding hydrogens is 701 g/mol. The van der Waals surface area contributed by atoms with Crippen molar-refractivity contribution in [1.29, 1.82) is 0 Å². The van der Waals surface area contributed by atoms with Gasteiger partial charge >= 0.3 is 0 Å². The van der Waals surface area contributed by atoms with Gasteiger partial charge in [-0.3, -0.25) is 0 Å². The van der Waals surface area contributed by atoms with E-state index in [0.717, 1.165) is 44.6 Å². The van der Waals surface area contributed by atoms with E-state index in [1.54, 1.807) is 0 Å². The molecule has 0 amide bonds. The average molecular weight is 733 g/mol. The van der Waals surface area contributed by atoms with Crippen LogP contribution in [-0.4, -0.2) is 19.5 Å². The van der Waals surface area contributed by atoms with Gasteiger partial charge in [0.15, 0.2) is 17.5 Å². The first kappa shape index (κ1) is 32.2. The van der Waals surface area contributed by atoms with Crippen LogP contribution in [0.25, 0.3) is 104 Å². The molecule has 56 heavy (non-hydrogen) atoms. The fourth-order valence-electron chi connectivity index (χ4n) is 7.97. The molecule has 4 nitrogen and oxygen atoms in total. The molecule has 5 heteroatoms. The molecule has 0 bridgehead atoms. The second-order valence-electron chi connectivity index (χ2n) is 14.0. The van der Waals surface area contributed by atoms with E-state index >= 15 is 0 Å². The molecule has 3 heterocycles. The van der Waals surface area contributed by atoms with Crippen LogP contribution in [0.4, 0.5) is 0 Å². The topological polar surface area (TPSA) is 43.6 Å². The van der Waals surface area contributed by atoms with Gasteiger partial charge in [0.25, 0.3) is 0 Å². The van der Waals surface area contributed by atoms with Crippen molar-refractivity contribution >= 4 is 53.3 Å². The van der Waals surface area contributed by atoms with Crippen molar-refractivity contribution in [2.75, 3.05) is 0 Å². The van der Waals surface area contributed by atoms with Crippen LogP contribution >= 0.6 is 11.3 Å². The predicted octanol–water partition coefficient (Wildman–Crippen LogP) is 13.7. The van der Waals surface area contributed by atoms with E-state index in [-0.39, 0.29) is 0 Å². The van der Waals surface area contributed by atoms with E-state index in [9.17, 15) is 0 Å². The summed E-state index contributed by atoms with van der Waals surface area (Å²) in [4.78, 5) is 15.5. The fraction of sp³-hybridized carbons (Fsp3) is 0. The molecule has 0 aliphatic carbocycles. The van der Waals surface area contributed by atoms with Crippen LogP contribution in [-0.2, 0) is 0 Å². The number of para-hydroxylation sites is 1. The number of aromatic nitrogens is 4. The summed E-state index contributed by atoms with van der Waals surface area (Å²) in [5, 5.41) is 5.11. The van der Waals surface area contributed by atoms with Gasteiger partial charge in [-0.2, -0.15) is 0 Å². The number of hydrogen-bond donors (Lipinski definition) is 0. The second-order valence-corrected chi connectivity index (χ2v) is 15.1. The number of hydrogen-bond acceptors (Lipinski definition) is 4. The maximum Gasteiger partial charge on any atom is 0.164 e. The first-order valence-electron chi connectivity index (χ1n) is 18.8. The van der Waals surface area contributed by atoms with Crippen molar-refractivity contribution in [3.05, 3.63) is 194 Å². The Hall–Kier alpha value is -7.21. The molecule has 11 rings (SSSR count). The lowest BCUT2D eigenvalue weighted by molar-refractivity contribution is 1.07. The highest BCUT2D eigenvalue weighted by atomic mass is 32.1. The normalized spacial score (nSPS) is 11.6. The van der Waals surface area contributed by atoms with Gasteiger partial charge in [-0.1, -0.05) is 158 Å². The molecular formula is C51H32N4S. The van der Waals surface area contributed by atoms with Gasteiger partial charge < -0.3 is 4.57 Å². The Balaban J connectivity index is 1.15. The summed E-state index contributed by atoms with van der Waals surface area (Å²) in [6.07, 6.45) is 0. The monoisotopic (exact) mass is 732 g/mol. The van der Waals surface area contributed by atoms with Gasteiger partial charge in [0.2, 0.25) is 0 Å². The van der Waals surface area contributed by atoms with Crippen molar-refractivity contribution < 1.29 is 0 Å². The van der Waals surface area contributed by atoms with Crippen LogP contribution < -0.4 is 0 Å². The quantitative estimate of drug-likeness (QED) is 0.171. The van der Waals surface area contributed by atoms with Gasteiger partial charge in [0.1, 0.15) is 0 Å². The maximum absolute atomic E-state index is 5.22. The number of fused-ring (bicyclic) bond motifs is 7. The second kappa shape index (κ2) is 13.3. The van der Waals surface area contributed by atoms with Crippen molar-refractivity contribution in [2.45, 2.75) is 0 Å². The highest BCUT2D eigenvalue weighted by molar-refractivity contribution is 7.26. The number of thiophene rings is 1. The van der Waals surface area contributed by atoms with Crippen LogP contribution in [0.3, 0.4) is 0 Å². The minimum Gasteiger partial charge on any atom is -0.309 e. The zero-order valence-corrected chi connectivity index (χ0v) is 31.0. The van der Waals surface area contributed by atoms with E-state index in [0.29, 0.717) is 17.5 Å². The summed E-state index contributed by atoms with van der Waals surface area (Å²) in [6, 6.07) is 68.5. The van der Waals surface area contributed by atoms with E-state index < -0.39 is 0 Å². The van der Waals surface area contributed by atoms with Crippen molar-refractivity contribution in [1.82, 2.24) is 19.5 Å². The number of benzene rings is 8. The molecule has 0 spiro atoms. The zero-order valence-electron chi connectivity index (χ0n) is 30.2. The Morgan fingerprint density at radius 2 is 0.839 bits per heavy atom. The SMILES string of the molecule is c1ccc(-c2ccc(-c3nc(-c4ccccc4)nc(-c4cc(-c5ccccc5)cc(-n5c6ccccc6c6c7sc8ccccc8c7ccc65)c4)n3)cc2)cc1. The van der Waals surface area contributed by atoms with Crippen molar-refractivity contribution in [2.24, 2.45) is 0 Å². The predicted molar refractivity (Wildman–Crippen MR) is 234 cm³/mol. The molecule has 0 saturated heterocycles. The zero-order chi connectivity index (χ0) is 37.0. The average Bonchev–Trinajstić information content (AvgIpc) is 3.83. The lowest BCUT2D eigenvalue weighted by atomic mass is 10.0. The molecule has 3 aromatic heterocycles. The van der Waals surface area contributed by atoms with Crippen LogP contribution in [0.2, 0.25) is 0 Å². The van der Waals surface area contributed by atoms with Crippen molar-refractivity contribution in [3.63, 3.8) is 0 Å². The Bertz CT molecular complexity index is 3220. The lowest BCUT2D eigenvalue weighted by Crippen LogP contribution is -2.02.